The van der Waals surface area contributed by atoms with Gasteiger partial charge in [0, 0.05) is 0 Å². The predicted molar refractivity (Wildman–Crippen MR) is 53.2 cm³/mol. The van der Waals surface area contributed by atoms with E-state index in [0.29, 0.717) is 5.92 Å². The van der Waals surface area contributed by atoms with E-state index in [1.54, 1.807) is 0 Å². The molecule has 1 amide bonds. The minimum Gasteiger partial charge on any atom is -0.368 e. The van der Waals surface area contributed by atoms with Crippen molar-refractivity contribution in [3.8, 4) is 0 Å². The molecule has 1 aliphatic carbocycles. The zero-order chi connectivity index (χ0) is 9.90. The molecule has 1 unspecified atom stereocenters. The van der Waals surface area contributed by atoms with Crippen molar-refractivity contribution < 1.29 is 4.79 Å². The van der Waals surface area contributed by atoms with Crippen molar-refractivity contribution in [2.75, 3.05) is 7.05 Å². The minimum atomic E-state index is -0.500. The van der Waals surface area contributed by atoms with Crippen LogP contribution in [0.5, 0.6) is 0 Å². The second-order valence-corrected chi connectivity index (χ2v) is 4.15. The van der Waals surface area contributed by atoms with Crippen LogP contribution in [0.15, 0.2) is 0 Å². The lowest BCUT2D eigenvalue weighted by Gasteiger charge is -2.37. The summed E-state index contributed by atoms with van der Waals surface area (Å²) >= 11 is 0. The number of carbonyl (C=O) groups is 1. The quantitative estimate of drug-likeness (QED) is 0.688. The molecule has 0 aromatic carbocycles. The molecule has 0 heterocycles. The second kappa shape index (κ2) is 4.09. The van der Waals surface area contributed by atoms with Gasteiger partial charge in [0.05, 0.1) is 5.54 Å². The van der Waals surface area contributed by atoms with Crippen LogP contribution in [0.4, 0.5) is 0 Å². The van der Waals surface area contributed by atoms with Crippen LogP contribution in [-0.2, 0) is 4.79 Å². The van der Waals surface area contributed by atoms with Crippen molar-refractivity contribution in [3.63, 3.8) is 0 Å². The second-order valence-electron chi connectivity index (χ2n) is 4.15. The summed E-state index contributed by atoms with van der Waals surface area (Å²) < 4.78 is 0. The molecule has 1 saturated carbocycles. The molecule has 0 saturated heterocycles. The zero-order valence-corrected chi connectivity index (χ0v) is 8.60. The molecule has 1 atom stereocenters. The molecular weight excluding hydrogens is 164 g/mol. The number of nitrogens with one attached hydrogen (secondary N) is 1. The fourth-order valence-corrected chi connectivity index (χ4v) is 2.21. The molecule has 1 rings (SSSR count). The third-order valence-corrected chi connectivity index (χ3v) is 3.45. The van der Waals surface area contributed by atoms with Gasteiger partial charge in [-0.3, -0.25) is 4.79 Å². The maximum Gasteiger partial charge on any atom is 0.237 e. The summed E-state index contributed by atoms with van der Waals surface area (Å²) in [5, 5.41) is 3.07. The SMILES string of the molecule is CNC(C)(C(N)=O)C1CCCCC1. The predicted octanol–water partition coefficient (Wildman–Crippen LogP) is 1.03. The zero-order valence-electron chi connectivity index (χ0n) is 8.60. The number of hydrogen-bond acceptors (Lipinski definition) is 2. The summed E-state index contributed by atoms with van der Waals surface area (Å²) in [7, 11) is 1.82. The van der Waals surface area contributed by atoms with Crippen LogP contribution in [0, 0.1) is 5.92 Å². The summed E-state index contributed by atoms with van der Waals surface area (Å²) in [5.41, 5.74) is 4.91. The summed E-state index contributed by atoms with van der Waals surface area (Å²) in [4.78, 5) is 11.3. The Morgan fingerprint density at radius 1 is 1.38 bits per heavy atom. The summed E-state index contributed by atoms with van der Waals surface area (Å²) in [5.74, 6) is 0.200. The number of likely N-dealkylation sites (N-methyl/N-ethyl adjacent to an activating group) is 1. The van der Waals surface area contributed by atoms with E-state index in [0.717, 1.165) is 12.8 Å². The van der Waals surface area contributed by atoms with Crippen LogP contribution in [0.3, 0.4) is 0 Å². The first-order valence-electron chi connectivity index (χ1n) is 5.10. The maximum absolute atomic E-state index is 11.3. The van der Waals surface area contributed by atoms with E-state index in [-0.39, 0.29) is 5.91 Å². The fraction of sp³-hybridized carbons (Fsp3) is 0.900. The van der Waals surface area contributed by atoms with Crippen molar-refractivity contribution in [1.29, 1.82) is 0 Å². The van der Waals surface area contributed by atoms with E-state index < -0.39 is 5.54 Å². The number of primary amides is 1. The molecular formula is C10H20N2O. The van der Waals surface area contributed by atoms with Gasteiger partial charge in [-0.2, -0.15) is 0 Å². The van der Waals surface area contributed by atoms with Crippen LogP contribution >= 0.6 is 0 Å². The van der Waals surface area contributed by atoms with Crippen LogP contribution in [0.25, 0.3) is 0 Å². The lowest BCUT2D eigenvalue weighted by molar-refractivity contribution is -0.126. The van der Waals surface area contributed by atoms with Gasteiger partial charge in [-0.1, -0.05) is 19.3 Å². The van der Waals surface area contributed by atoms with Crippen molar-refractivity contribution in [2.24, 2.45) is 11.7 Å². The van der Waals surface area contributed by atoms with Gasteiger partial charge in [-0.25, -0.2) is 0 Å². The molecule has 1 aliphatic rings. The maximum atomic E-state index is 11.3. The lowest BCUT2D eigenvalue weighted by atomic mass is 9.75. The van der Waals surface area contributed by atoms with Gasteiger partial charge in [0.15, 0.2) is 0 Å². The van der Waals surface area contributed by atoms with Crippen LogP contribution in [-0.4, -0.2) is 18.5 Å². The van der Waals surface area contributed by atoms with Crippen LogP contribution in [0.1, 0.15) is 39.0 Å². The highest BCUT2D eigenvalue weighted by Gasteiger charge is 2.38. The molecule has 1 fully saturated rings. The van der Waals surface area contributed by atoms with Gasteiger partial charge in [0.25, 0.3) is 0 Å². The Morgan fingerprint density at radius 2 is 1.92 bits per heavy atom. The first kappa shape index (κ1) is 10.5. The normalized spacial score (nSPS) is 23.8. The van der Waals surface area contributed by atoms with Crippen molar-refractivity contribution in [1.82, 2.24) is 5.32 Å². The van der Waals surface area contributed by atoms with Crippen molar-refractivity contribution in [3.05, 3.63) is 0 Å². The molecule has 76 valence electrons. The molecule has 0 aliphatic heterocycles. The third-order valence-electron chi connectivity index (χ3n) is 3.45. The monoisotopic (exact) mass is 184 g/mol. The van der Waals surface area contributed by atoms with E-state index in [9.17, 15) is 4.79 Å². The van der Waals surface area contributed by atoms with E-state index in [4.69, 9.17) is 5.73 Å². The Kier molecular flexibility index (Phi) is 3.31. The summed E-state index contributed by atoms with van der Waals surface area (Å²) in [6.45, 7) is 1.92. The van der Waals surface area contributed by atoms with E-state index in [1.165, 1.54) is 19.3 Å². The fourth-order valence-electron chi connectivity index (χ4n) is 2.21. The Bertz CT molecular complexity index is 187. The van der Waals surface area contributed by atoms with E-state index in [2.05, 4.69) is 5.32 Å². The first-order valence-corrected chi connectivity index (χ1v) is 5.10. The van der Waals surface area contributed by atoms with Crippen molar-refractivity contribution in [2.45, 2.75) is 44.6 Å². The number of hydrogen-bond donors (Lipinski definition) is 2. The van der Waals surface area contributed by atoms with Gasteiger partial charge in [0.1, 0.15) is 0 Å². The standard InChI is InChI=1S/C10H20N2O/c1-10(12-2,9(11)13)8-6-4-3-5-7-8/h8,12H,3-7H2,1-2H3,(H2,11,13). The molecule has 0 spiro atoms. The molecule has 0 aromatic heterocycles. The topological polar surface area (TPSA) is 55.1 Å². The van der Waals surface area contributed by atoms with Crippen LogP contribution in [0.2, 0.25) is 0 Å². The number of nitrogens with two attached hydrogens (primary N) is 1. The Morgan fingerprint density at radius 3 is 2.31 bits per heavy atom. The first-order chi connectivity index (χ1) is 6.11. The Balaban J connectivity index is 2.68. The molecule has 3 heteroatoms. The van der Waals surface area contributed by atoms with Gasteiger partial charge < -0.3 is 11.1 Å². The lowest BCUT2D eigenvalue weighted by Crippen LogP contribution is -2.57. The number of rotatable bonds is 3. The summed E-state index contributed by atoms with van der Waals surface area (Å²) in [6, 6.07) is 0. The highest BCUT2D eigenvalue weighted by atomic mass is 16.1. The smallest absolute Gasteiger partial charge is 0.237 e. The van der Waals surface area contributed by atoms with Gasteiger partial charge in [-0.05, 0) is 32.7 Å². The number of amides is 1. The molecule has 0 aromatic rings. The number of carbonyl (C=O) groups excluding carboxylic acids is 1. The van der Waals surface area contributed by atoms with Crippen molar-refractivity contribution >= 4 is 5.91 Å². The average Bonchev–Trinajstić information content (AvgIpc) is 2.17. The highest BCUT2D eigenvalue weighted by molar-refractivity contribution is 5.84. The largest absolute Gasteiger partial charge is 0.368 e. The molecule has 3 nitrogen and oxygen atoms in total. The van der Waals surface area contributed by atoms with Gasteiger partial charge >= 0.3 is 0 Å². The molecule has 0 radical (unpaired) electrons. The third kappa shape index (κ3) is 2.02. The Hall–Kier alpha value is -0.570. The molecule has 13 heavy (non-hydrogen) atoms. The Labute approximate surface area is 80.1 Å². The molecule has 0 bridgehead atoms. The van der Waals surface area contributed by atoms with E-state index >= 15 is 0 Å². The van der Waals surface area contributed by atoms with E-state index in [1.807, 2.05) is 14.0 Å². The van der Waals surface area contributed by atoms with Gasteiger partial charge in [-0.15, -0.1) is 0 Å². The molecule has 3 N–H and O–H groups in total. The highest BCUT2D eigenvalue weighted by Crippen LogP contribution is 2.32. The van der Waals surface area contributed by atoms with Gasteiger partial charge in [0.2, 0.25) is 5.91 Å². The average molecular weight is 184 g/mol. The minimum absolute atomic E-state index is 0.220. The summed E-state index contributed by atoms with van der Waals surface area (Å²) in [6.07, 6.45) is 6.01. The van der Waals surface area contributed by atoms with Crippen LogP contribution < -0.4 is 11.1 Å².